The SMILES string of the molecule is COCC(N)Cc1c(F)cc([N+](=O)[O-])c2cccnc12. The van der Waals surface area contributed by atoms with Crippen molar-refractivity contribution in [2.24, 2.45) is 5.73 Å². The lowest BCUT2D eigenvalue weighted by molar-refractivity contribution is -0.383. The van der Waals surface area contributed by atoms with Crippen LogP contribution in [-0.2, 0) is 11.2 Å². The lowest BCUT2D eigenvalue weighted by atomic mass is 10.0. The molecule has 1 aromatic heterocycles. The molecule has 1 heterocycles. The van der Waals surface area contributed by atoms with Gasteiger partial charge in [0, 0.05) is 24.9 Å². The number of ether oxygens (including phenoxy) is 1. The van der Waals surface area contributed by atoms with E-state index in [-0.39, 0.29) is 29.8 Å². The minimum Gasteiger partial charge on any atom is -0.383 e. The van der Waals surface area contributed by atoms with E-state index in [1.165, 1.54) is 13.3 Å². The quantitative estimate of drug-likeness (QED) is 0.665. The Labute approximate surface area is 114 Å². The van der Waals surface area contributed by atoms with Crippen molar-refractivity contribution in [3.8, 4) is 0 Å². The predicted octanol–water partition coefficient (Wildman–Crippen LogP) is 1.80. The summed E-state index contributed by atoms with van der Waals surface area (Å²) >= 11 is 0. The summed E-state index contributed by atoms with van der Waals surface area (Å²) in [7, 11) is 1.50. The maximum absolute atomic E-state index is 14.1. The fourth-order valence-electron chi connectivity index (χ4n) is 2.13. The highest BCUT2D eigenvalue weighted by Crippen LogP contribution is 2.29. The van der Waals surface area contributed by atoms with Crippen molar-refractivity contribution in [3.63, 3.8) is 0 Å². The zero-order chi connectivity index (χ0) is 14.7. The van der Waals surface area contributed by atoms with Crippen molar-refractivity contribution in [2.45, 2.75) is 12.5 Å². The van der Waals surface area contributed by atoms with Crippen LogP contribution in [0.25, 0.3) is 10.9 Å². The Morgan fingerprint density at radius 2 is 2.35 bits per heavy atom. The van der Waals surface area contributed by atoms with Crippen LogP contribution < -0.4 is 5.73 Å². The second kappa shape index (κ2) is 5.89. The number of hydrogen-bond donors (Lipinski definition) is 1. The monoisotopic (exact) mass is 279 g/mol. The van der Waals surface area contributed by atoms with Crippen LogP contribution in [0.1, 0.15) is 5.56 Å². The van der Waals surface area contributed by atoms with Gasteiger partial charge in [0.25, 0.3) is 5.69 Å². The fraction of sp³-hybridized carbons (Fsp3) is 0.308. The third-order valence-corrected chi connectivity index (χ3v) is 2.96. The van der Waals surface area contributed by atoms with Gasteiger partial charge in [-0.3, -0.25) is 15.1 Å². The van der Waals surface area contributed by atoms with E-state index in [0.29, 0.717) is 5.39 Å². The number of nitro groups is 1. The Morgan fingerprint density at radius 1 is 1.60 bits per heavy atom. The summed E-state index contributed by atoms with van der Waals surface area (Å²) in [6.45, 7) is 0.269. The molecule has 1 atom stereocenters. The second-order valence-corrected chi connectivity index (χ2v) is 4.43. The molecule has 0 saturated carbocycles. The number of benzene rings is 1. The predicted molar refractivity (Wildman–Crippen MR) is 71.9 cm³/mol. The second-order valence-electron chi connectivity index (χ2n) is 4.43. The Hall–Kier alpha value is -2.12. The minimum atomic E-state index is -0.672. The molecule has 106 valence electrons. The Kier molecular flexibility index (Phi) is 4.21. The van der Waals surface area contributed by atoms with Crippen LogP contribution in [-0.4, -0.2) is 29.7 Å². The number of methoxy groups -OCH3 is 1. The lowest BCUT2D eigenvalue weighted by Crippen LogP contribution is -2.28. The molecule has 0 bridgehead atoms. The van der Waals surface area contributed by atoms with Crippen LogP contribution in [0.3, 0.4) is 0 Å². The van der Waals surface area contributed by atoms with Crippen LogP contribution in [0, 0.1) is 15.9 Å². The third kappa shape index (κ3) is 2.73. The molecular weight excluding hydrogens is 265 g/mol. The van der Waals surface area contributed by atoms with Gasteiger partial charge in [-0.2, -0.15) is 0 Å². The average Bonchev–Trinajstić information content (AvgIpc) is 2.41. The molecule has 0 spiro atoms. The summed E-state index contributed by atoms with van der Waals surface area (Å²) in [5.74, 6) is -0.672. The molecule has 0 fully saturated rings. The first-order valence-electron chi connectivity index (χ1n) is 5.99. The van der Waals surface area contributed by atoms with Gasteiger partial charge in [0.15, 0.2) is 0 Å². The molecule has 0 radical (unpaired) electrons. The molecule has 2 N–H and O–H groups in total. The van der Waals surface area contributed by atoms with Crippen LogP contribution in [0.5, 0.6) is 0 Å². The fourth-order valence-corrected chi connectivity index (χ4v) is 2.13. The molecule has 0 aliphatic carbocycles. The smallest absolute Gasteiger partial charge is 0.281 e. The van der Waals surface area contributed by atoms with E-state index in [1.54, 1.807) is 12.1 Å². The maximum Gasteiger partial charge on any atom is 0.281 e. The zero-order valence-electron chi connectivity index (χ0n) is 10.9. The highest BCUT2D eigenvalue weighted by Gasteiger charge is 2.21. The number of halogens is 1. The summed E-state index contributed by atoms with van der Waals surface area (Å²) in [5, 5.41) is 11.3. The van der Waals surface area contributed by atoms with E-state index >= 15 is 0 Å². The van der Waals surface area contributed by atoms with Gasteiger partial charge in [-0.1, -0.05) is 0 Å². The molecule has 0 saturated heterocycles. The molecule has 2 aromatic rings. The molecule has 0 aliphatic heterocycles. The van der Waals surface area contributed by atoms with Gasteiger partial charge in [0.2, 0.25) is 0 Å². The Morgan fingerprint density at radius 3 is 3.00 bits per heavy atom. The summed E-state index contributed by atoms with van der Waals surface area (Å²) in [4.78, 5) is 14.4. The van der Waals surface area contributed by atoms with Gasteiger partial charge in [-0.05, 0) is 18.6 Å². The standard InChI is InChI=1S/C13H14FN3O3/c1-20-7-8(15)5-10-11(14)6-12(17(18)19)9-3-2-4-16-13(9)10/h2-4,6,8H,5,7,15H2,1H3. The van der Waals surface area contributed by atoms with Crippen molar-refractivity contribution in [1.29, 1.82) is 0 Å². The van der Waals surface area contributed by atoms with E-state index in [2.05, 4.69) is 4.98 Å². The largest absolute Gasteiger partial charge is 0.383 e. The molecule has 20 heavy (non-hydrogen) atoms. The summed E-state index contributed by atoms with van der Waals surface area (Å²) in [6.07, 6.45) is 1.67. The van der Waals surface area contributed by atoms with Gasteiger partial charge >= 0.3 is 0 Å². The van der Waals surface area contributed by atoms with E-state index < -0.39 is 16.8 Å². The number of fused-ring (bicyclic) bond motifs is 1. The van der Waals surface area contributed by atoms with Crippen molar-refractivity contribution in [1.82, 2.24) is 4.98 Å². The minimum absolute atomic E-state index is 0.200. The van der Waals surface area contributed by atoms with Gasteiger partial charge in [-0.25, -0.2) is 4.39 Å². The molecule has 0 amide bonds. The number of hydrogen-bond acceptors (Lipinski definition) is 5. The molecule has 1 aromatic carbocycles. The number of nitrogens with two attached hydrogens (primary N) is 1. The Balaban J connectivity index is 2.58. The van der Waals surface area contributed by atoms with Crippen molar-refractivity contribution in [2.75, 3.05) is 13.7 Å². The van der Waals surface area contributed by atoms with Gasteiger partial charge in [-0.15, -0.1) is 0 Å². The first-order valence-corrected chi connectivity index (χ1v) is 5.99. The van der Waals surface area contributed by atoms with Gasteiger partial charge < -0.3 is 10.5 Å². The highest BCUT2D eigenvalue weighted by molar-refractivity contribution is 5.90. The number of nitro benzene ring substituents is 1. The molecule has 1 unspecified atom stereocenters. The molecule has 0 aliphatic rings. The maximum atomic E-state index is 14.1. The van der Waals surface area contributed by atoms with Crippen LogP contribution in [0.4, 0.5) is 10.1 Å². The number of pyridine rings is 1. The first kappa shape index (κ1) is 14.3. The summed E-state index contributed by atoms with van der Waals surface area (Å²) in [6, 6.07) is 3.64. The summed E-state index contributed by atoms with van der Waals surface area (Å²) in [5.41, 5.74) is 6.07. The molecule has 2 rings (SSSR count). The normalized spacial score (nSPS) is 12.6. The number of nitrogens with zero attached hydrogens (tertiary/aromatic N) is 2. The van der Waals surface area contributed by atoms with Crippen molar-refractivity contribution in [3.05, 3.63) is 45.9 Å². The molecule has 6 nitrogen and oxygen atoms in total. The zero-order valence-corrected chi connectivity index (χ0v) is 10.9. The van der Waals surface area contributed by atoms with E-state index in [0.717, 1.165) is 6.07 Å². The third-order valence-electron chi connectivity index (χ3n) is 2.96. The van der Waals surface area contributed by atoms with Crippen molar-refractivity contribution >= 4 is 16.6 Å². The average molecular weight is 279 g/mol. The number of aromatic nitrogens is 1. The lowest BCUT2D eigenvalue weighted by Gasteiger charge is -2.13. The highest BCUT2D eigenvalue weighted by atomic mass is 19.1. The Bertz CT molecular complexity index is 648. The number of rotatable bonds is 5. The van der Waals surface area contributed by atoms with Gasteiger partial charge in [0.05, 0.1) is 28.5 Å². The molecule has 7 heteroatoms. The van der Waals surface area contributed by atoms with E-state index in [9.17, 15) is 14.5 Å². The van der Waals surface area contributed by atoms with Crippen LogP contribution in [0.2, 0.25) is 0 Å². The summed E-state index contributed by atoms with van der Waals surface area (Å²) < 4.78 is 19.0. The first-order chi connectivity index (χ1) is 9.54. The van der Waals surface area contributed by atoms with Crippen LogP contribution in [0.15, 0.2) is 24.4 Å². The number of non-ortho nitro benzene ring substituents is 1. The van der Waals surface area contributed by atoms with E-state index in [1.807, 2.05) is 0 Å². The van der Waals surface area contributed by atoms with Crippen molar-refractivity contribution < 1.29 is 14.1 Å². The molecular formula is C13H14FN3O3. The van der Waals surface area contributed by atoms with Crippen LogP contribution >= 0.6 is 0 Å². The van der Waals surface area contributed by atoms with Gasteiger partial charge in [0.1, 0.15) is 5.82 Å². The van der Waals surface area contributed by atoms with E-state index in [4.69, 9.17) is 10.5 Å². The topological polar surface area (TPSA) is 91.3 Å².